The molecule has 3 saturated heterocycles. The maximum absolute atomic E-state index is 13.9. The quantitative estimate of drug-likeness (QED) is 0.0299. The van der Waals surface area contributed by atoms with Crippen LogP contribution in [0.3, 0.4) is 0 Å². The largest absolute Gasteiger partial charge is 0.472 e. The number of ether oxygens (including phenoxy) is 3. The van der Waals surface area contributed by atoms with Crippen molar-refractivity contribution in [1.29, 1.82) is 5.41 Å². The summed E-state index contributed by atoms with van der Waals surface area (Å²) < 4.78 is 95.5. The van der Waals surface area contributed by atoms with Gasteiger partial charge in [0.25, 0.3) is 0 Å². The van der Waals surface area contributed by atoms with Gasteiger partial charge in [-0.05, 0) is 6.21 Å². The minimum atomic E-state index is -5.26. The van der Waals surface area contributed by atoms with Crippen LogP contribution in [0.2, 0.25) is 0 Å². The zero-order valence-corrected chi connectivity index (χ0v) is 39.8. The smallest absolute Gasteiger partial charge is 0.394 e. The Balaban J connectivity index is 0.902. The van der Waals surface area contributed by atoms with E-state index in [-0.39, 0.29) is 71.0 Å². The van der Waals surface area contributed by atoms with Crippen LogP contribution in [-0.2, 0) is 55.0 Å². The minimum Gasteiger partial charge on any atom is -0.394 e. The van der Waals surface area contributed by atoms with E-state index >= 15 is 0 Å². The minimum absolute atomic E-state index is 0.0323. The Bertz CT molecular complexity index is 3060. The van der Waals surface area contributed by atoms with Crippen LogP contribution in [-0.4, -0.2) is 170 Å². The van der Waals surface area contributed by atoms with E-state index < -0.39 is 117 Å². The van der Waals surface area contributed by atoms with E-state index in [1.54, 1.807) is 0 Å². The Kier molecular flexibility index (Phi) is 15.1. The summed E-state index contributed by atoms with van der Waals surface area (Å²) in [6.45, 7) is -3.19. The summed E-state index contributed by atoms with van der Waals surface area (Å²) in [6, 6.07) is 0. The molecule has 7 unspecified atom stereocenters. The van der Waals surface area contributed by atoms with Crippen LogP contribution in [0.5, 0.6) is 0 Å². The SMILES string of the molecule is N=CCC(O)[C@H](O)COP(=O)(O)OC1C[C@H](n2cnc3c(N)ncnc32)O[C@@H]1COP(=O)(O)OC1C[C@H](n2cnc3c(N)ncnc32)O[C@@H]1COP(=O)(O)OC1C[C@H](n2cnc3c(N)ncnc32)O[C@@H]1CO. The molecule has 6 aromatic heterocycles. The van der Waals surface area contributed by atoms with Crippen LogP contribution in [0.4, 0.5) is 17.5 Å². The van der Waals surface area contributed by atoms with Gasteiger partial charge in [0.15, 0.2) is 34.4 Å². The summed E-state index contributed by atoms with van der Waals surface area (Å²) in [6.07, 6.45) is -6.90. The molecular weight excluding hydrogens is 1030 g/mol. The molecule has 0 amide bonds. The highest BCUT2D eigenvalue weighted by Crippen LogP contribution is 2.54. The van der Waals surface area contributed by atoms with Gasteiger partial charge < -0.3 is 66.8 Å². The number of rotatable bonds is 22. The number of fused-ring (bicyclic) bond motifs is 3. The van der Waals surface area contributed by atoms with E-state index in [9.17, 15) is 43.7 Å². The van der Waals surface area contributed by atoms with Crippen molar-refractivity contribution < 1.29 is 85.0 Å². The van der Waals surface area contributed by atoms with Crippen molar-refractivity contribution in [2.24, 2.45) is 0 Å². The van der Waals surface area contributed by atoms with Gasteiger partial charge in [-0.3, -0.25) is 40.8 Å². The molecule has 0 bridgehead atoms. The van der Waals surface area contributed by atoms with Crippen LogP contribution in [0, 0.1) is 5.41 Å². The number of phosphoric ester groups is 3. The zero-order chi connectivity index (χ0) is 51.1. The Hall–Kier alpha value is -5.19. The van der Waals surface area contributed by atoms with E-state index in [4.69, 9.17) is 64.0 Å². The number of hydrogen-bond donors (Lipinski definition) is 10. The van der Waals surface area contributed by atoms with Gasteiger partial charge in [0.2, 0.25) is 0 Å². The first-order chi connectivity index (χ1) is 34.3. The van der Waals surface area contributed by atoms with Crippen LogP contribution in [0.25, 0.3) is 33.5 Å². The number of aliphatic hydroxyl groups is 3. The molecule has 13 N–H and O–H groups in total. The molecule has 3 fully saturated rings. The van der Waals surface area contributed by atoms with Crippen LogP contribution in [0.15, 0.2) is 38.0 Å². The van der Waals surface area contributed by atoms with Crippen molar-refractivity contribution in [3.8, 4) is 0 Å². The number of phosphoric acid groups is 3. The van der Waals surface area contributed by atoms with Crippen molar-refractivity contribution >= 4 is 80.6 Å². The van der Waals surface area contributed by atoms with Gasteiger partial charge in [-0.25, -0.2) is 58.6 Å². The zero-order valence-electron chi connectivity index (χ0n) is 37.1. The highest BCUT2D eigenvalue weighted by atomic mass is 31.2. The van der Waals surface area contributed by atoms with Gasteiger partial charge in [-0.1, -0.05) is 0 Å². The van der Waals surface area contributed by atoms with Gasteiger partial charge in [0, 0.05) is 25.7 Å². The Labute approximate surface area is 403 Å². The van der Waals surface area contributed by atoms with Gasteiger partial charge in [0.1, 0.15) is 96.9 Å². The summed E-state index contributed by atoms with van der Waals surface area (Å²) in [7, 11) is -15.4. The summed E-state index contributed by atoms with van der Waals surface area (Å²) in [5.74, 6) is 0.169. The van der Waals surface area contributed by atoms with Crippen LogP contribution < -0.4 is 17.2 Å². The molecule has 0 radical (unpaired) electrons. The van der Waals surface area contributed by atoms with E-state index in [0.29, 0.717) is 5.65 Å². The van der Waals surface area contributed by atoms with Crippen LogP contribution >= 0.6 is 23.5 Å². The fourth-order valence-electron chi connectivity index (χ4n) is 8.15. The molecule has 14 atom stereocenters. The Morgan fingerprint density at radius 2 is 0.958 bits per heavy atom. The van der Waals surface area contributed by atoms with E-state index in [1.807, 2.05) is 0 Å². The third kappa shape index (κ3) is 11.2. The molecular formula is C35H47N16O18P3. The molecule has 6 aromatic rings. The molecule has 0 aliphatic carbocycles. The third-order valence-electron chi connectivity index (χ3n) is 11.6. The third-order valence-corrected chi connectivity index (χ3v) is 14.7. The van der Waals surface area contributed by atoms with E-state index in [1.165, 1.54) is 45.3 Å². The molecule has 34 nitrogen and oxygen atoms in total. The average molecular weight is 1070 g/mol. The lowest BCUT2D eigenvalue weighted by Crippen LogP contribution is -2.32. The highest BCUT2D eigenvalue weighted by Gasteiger charge is 2.48. The number of aromatic nitrogens is 12. The second kappa shape index (κ2) is 21.0. The number of imidazole rings is 3. The molecule has 390 valence electrons. The molecule has 0 spiro atoms. The molecule has 9 rings (SSSR count). The first-order valence-electron chi connectivity index (χ1n) is 21.5. The number of nitrogen functional groups attached to an aromatic ring is 3. The van der Waals surface area contributed by atoms with E-state index in [0.717, 1.165) is 12.5 Å². The van der Waals surface area contributed by atoms with Crippen LogP contribution in [0.1, 0.15) is 44.4 Å². The summed E-state index contributed by atoms with van der Waals surface area (Å²) >= 11 is 0. The first kappa shape index (κ1) is 51.7. The van der Waals surface area contributed by atoms with Gasteiger partial charge in [-0.2, -0.15) is 0 Å². The second-order valence-electron chi connectivity index (χ2n) is 16.3. The Morgan fingerprint density at radius 1 is 0.597 bits per heavy atom. The number of hydrogen-bond acceptors (Lipinski definition) is 28. The van der Waals surface area contributed by atoms with Crippen molar-refractivity contribution in [1.82, 2.24) is 58.6 Å². The van der Waals surface area contributed by atoms with Gasteiger partial charge in [0.05, 0.1) is 51.5 Å². The van der Waals surface area contributed by atoms with Crippen molar-refractivity contribution in [2.45, 2.75) is 93.2 Å². The molecule has 9 heterocycles. The summed E-state index contributed by atoms with van der Waals surface area (Å²) in [5.41, 5.74) is 19.2. The summed E-state index contributed by atoms with van der Waals surface area (Å²) in [4.78, 5) is 69.9. The van der Waals surface area contributed by atoms with Crippen molar-refractivity contribution in [3.05, 3.63) is 38.0 Å². The summed E-state index contributed by atoms with van der Waals surface area (Å²) in [5, 5.41) is 37.4. The maximum atomic E-state index is 13.9. The monoisotopic (exact) mass is 1070 g/mol. The standard InChI is InChI=1S/C35H47N16O18P3/c36-2-1-16(53)17(54)7-61-70(55,56)68-19-4-25(50-14-47-28-31(38)41-11-44-34(28)50)65-22(19)9-63-72(59,60)69-20-5-26(51-15-48-29-32(39)42-12-45-35(29)51)66-23(20)8-62-71(57,58)67-18-3-24(64-21(18)6-52)49-13-46-27-30(37)40-10-43-33(27)49/h2,10-26,36,52-54H,1,3-9H2,(H,55,56)(H,57,58)(H,59,60)(H2,37,40,43)(H2,38,41,44)(H2,39,42,45)/t16?,17-,18?,19?,20?,21-,22-,23-,24-,25-,26-/m1/s1. The molecule has 0 aromatic carbocycles. The predicted octanol–water partition coefficient (Wildman–Crippen LogP) is -0.624. The van der Waals surface area contributed by atoms with Gasteiger partial charge >= 0.3 is 23.5 Å². The molecule has 0 saturated carbocycles. The van der Waals surface area contributed by atoms with Crippen molar-refractivity contribution in [2.75, 3.05) is 43.6 Å². The number of nitrogens with two attached hydrogens (primary N) is 3. The van der Waals surface area contributed by atoms with Crippen molar-refractivity contribution in [3.63, 3.8) is 0 Å². The predicted molar refractivity (Wildman–Crippen MR) is 239 cm³/mol. The average Bonchev–Trinajstić information content (AvgIpc) is 4.20. The first-order valence-corrected chi connectivity index (χ1v) is 26.0. The number of nitrogens with one attached hydrogen (secondary N) is 1. The highest BCUT2D eigenvalue weighted by molar-refractivity contribution is 7.48. The Morgan fingerprint density at radius 3 is 1.33 bits per heavy atom. The molecule has 72 heavy (non-hydrogen) atoms. The molecule has 3 aliphatic rings. The molecule has 3 aliphatic heterocycles. The fourth-order valence-corrected chi connectivity index (χ4v) is 11.0. The number of nitrogens with zero attached hydrogens (tertiary/aromatic N) is 12. The topological polar surface area (TPSA) is 488 Å². The number of anilines is 3. The maximum Gasteiger partial charge on any atom is 0.472 e. The fraction of sp³-hybridized carbons (Fsp3) is 0.543. The number of aliphatic hydroxyl groups excluding tert-OH is 3. The van der Waals surface area contributed by atoms with Gasteiger partial charge in [-0.15, -0.1) is 0 Å². The second-order valence-corrected chi connectivity index (χ2v) is 20.5. The lowest BCUT2D eigenvalue weighted by atomic mass is 10.2. The lowest BCUT2D eigenvalue weighted by molar-refractivity contribution is -0.0606. The lowest BCUT2D eigenvalue weighted by Gasteiger charge is -2.25. The normalized spacial score (nSPS) is 28.1. The van der Waals surface area contributed by atoms with E-state index in [2.05, 4.69) is 44.9 Å². The molecule has 37 heteroatoms.